The predicted molar refractivity (Wildman–Crippen MR) is 133 cm³/mol. The number of hydrogen-bond donors (Lipinski definition) is 4. The monoisotopic (exact) mass is 483 g/mol. The molecular weight excluding hydrogens is 458 g/mol. The van der Waals surface area contributed by atoms with E-state index in [0.717, 1.165) is 16.9 Å². The van der Waals surface area contributed by atoms with Gasteiger partial charge in [-0.15, -0.1) is 0 Å². The summed E-state index contributed by atoms with van der Waals surface area (Å²) >= 11 is 6.09. The molecule has 0 bridgehead atoms. The van der Waals surface area contributed by atoms with Gasteiger partial charge >= 0.3 is 6.09 Å². The van der Waals surface area contributed by atoms with Gasteiger partial charge in [0.25, 0.3) is 0 Å². The van der Waals surface area contributed by atoms with E-state index in [-0.39, 0.29) is 5.48 Å². The molecule has 2 aromatic carbocycles. The number of fused-ring (bicyclic) bond motifs is 1. The van der Waals surface area contributed by atoms with E-state index >= 15 is 0 Å². The highest BCUT2D eigenvalue weighted by molar-refractivity contribution is 6.30. The number of rotatable bonds is 6. The molecule has 11 heteroatoms. The van der Waals surface area contributed by atoms with Crippen LogP contribution in [0, 0.1) is 0 Å². The first kappa shape index (κ1) is 24.7. The molecule has 0 spiro atoms. The molecular formula is C23H26ClN7O3. The average Bonchev–Trinajstić information content (AvgIpc) is 3.16. The zero-order chi connectivity index (χ0) is 23.4. The lowest BCUT2D eigenvalue weighted by molar-refractivity contribution is 0.0523. The number of carbonyl (C=O) groups excluding carboxylic acids is 1. The lowest BCUT2D eigenvalue weighted by Gasteiger charge is -2.19. The third kappa shape index (κ3) is 6.33. The molecule has 0 aliphatic heterocycles. The number of nitrogens with one attached hydrogen (secondary N) is 4. The number of amides is 1. The lowest BCUT2D eigenvalue weighted by atomic mass is 10.2. The maximum Gasteiger partial charge on any atom is 0.407 e. The number of aromatic nitrogens is 4. The Balaban J connectivity index is 0.00000324. The SMILES string of the molecule is CC(C)(C)OC(=O)NCc1ccc(Nc2[nH]nc3ncnc(Nc4cccc(Cl)c4)c23)cc1.O. The van der Waals surface area contributed by atoms with Crippen LogP contribution in [0.4, 0.5) is 27.8 Å². The number of benzene rings is 2. The number of nitrogens with zero attached hydrogens (tertiary/aromatic N) is 3. The Bertz CT molecular complexity index is 1270. The van der Waals surface area contributed by atoms with Gasteiger partial charge in [0.1, 0.15) is 29.0 Å². The summed E-state index contributed by atoms with van der Waals surface area (Å²) in [5.41, 5.74) is 2.56. The zero-order valence-electron chi connectivity index (χ0n) is 18.9. The Morgan fingerprint density at radius 2 is 1.82 bits per heavy atom. The summed E-state index contributed by atoms with van der Waals surface area (Å²) in [5, 5.41) is 17.9. The van der Waals surface area contributed by atoms with Crippen LogP contribution >= 0.6 is 11.6 Å². The van der Waals surface area contributed by atoms with E-state index in [0.29, 0.717) is 34.2 Å². The van der Waals surface area contributed by atoms with Gasteiger partial charge in [-0.1, -0.05) is 29.8 Å². The van der Waals surface area contributed by atoms with Crippen molar-refractivity contribution in [2.45, 2.75) is 32.9 Å². The largest absolute Gasteiger partial charge is 0.444 e. The maximum absolute atomic E-state index is 11.8. The Labute approximate surface area is 201 Å². The minimum absolute atomic E-state index is 0. The van der Waals surface area contributed by atoms with E-state index in [1.54, 1.807) is 6.07 Å². The van der Waals surface area contributed by atoms with E-state index < -0.39 is 11.7 Å². The predicted octanol–water partition coefficient (Wildman–Crippen LogP) is 4.69. The molecule has 1 amide bonds. The van der Waals surface area contributed by atoms with Crippen LogP contribution < -0.4 is 16.0 Å². The third-order valence-corrected chi connectivity index (χ3v) is 4.73. The van der Waals surface area contributed by atoms with Crippen LogP contribution in [0.25, 0.3) is 11.0 Å². The molecule has 6 N–H and O–H groups in total. The quantitative estimate of drug-likeness (QED) is 0.310. The van der Waals surface area contributed by atoms with Crippen LogP contribution in [0.3, 0.4) is 0 Å². The highest BCUT2D eigenvalue weighted by Gasteiger charge is 2.16. The first-order valence-corrected chi connectivity index (χ1v) is 10.7. The van der Waals surface area contributed by atoms with Gasteiger partial charge in [-0.05, 0) is 56.7 Å². The average molecular weight is 484 g/mol. The van der Waals surface area contributed by atoms with Gasteiger partial charge in [0, 0.05) is 22.9 Å². The summed E-state index contributed by atoms with van der Waals surface area (Å²) in [5.74, 6) is 1.24. The van der Waals surface area contributed by atoms with Gasteiger partial charge in [0.05, 0.1) is 0 Å². The molecule has 0 aliphatic carbocycles. The summed E-state index contributed by atoms with van der Waals surface area (Å²) < 4.78 is 5.26. The molecule has 4 aromatic rings. The van der Waals surface area contributed by atoms with Crippen molar-refractivity contribution in [2.75, 3.05) is 10.6 Å². The van der Waals surface area contributed by atoms with Crippen molar-refractivity contribution in [3.05, 3.63) is 65.4 Å². The van der Waals surface area contributed by atoms with Crippen LogP contribution in [-0.2, 0) is 11.3 Å². The summed E-state index contributed by atoms with van der Waals surface area (Å²) in [6, 6.07) is 15.0. The van der Waals surface area contributed by atoms with Crippen LogP contribution in [0.1, 0.15) is 26.3 Å². The lowest BCUT2D eigenvalue weighted by Crippen LogP contribution is -2.32. The molecule has 2 aromatic heterocycles. The van der Waals surface area contributed by atoms with Crippen LogP contribution in [-0.4, -0.2) is 37.3 Å². The molecule has 10 nitrogen and oxygen atoms in total. The van der Waals surface area contributed by atoms with Gasteiger partial charge in [0.15, 0.2) is 5.65 Å². The number of halogens is 1. The maximum atomic E-state index is 11.8. The van der Waals surface area contributed by atoms with E-state index in [1.165, 1.54) is 6.33 Å². The molecule has 0 atom stereocenters. The number of H-pyrrole nitrogens is 1. The highest BCUT2D eigenvalue weighted by Crippen LogP contribution is 2.30. The molecule has 0 aliphatic rings. The normalized spacial score (nSPS) is 10.9. The number of anilines is 4. The standard InChI is InChI=1S/C23H24ClN7O2.H2O/c1-23(2,3)33-22(32)25-12-14-7-9-16(10-8-14)28-21-18-19(26-13-27-20(18)30-31-21)29-17-6-4-5-15(24)11-17;/h4-11,13H,12H2,1-3H3,(H,25,32)(H3,26,27,28,29,30,31);1H2. The number of carbonyl (C=O) groups is 1. The topological polar surface area (TPSA) is 148 Å². The van der Waals surface area contributed by atoms with Crippen molar-refractivity contribution in [3.63, 3.8) is 0 Å². The molecule has 0 radical (unpaired) electrons. The summed E-state index contributed by atoms with van der Waals surface area (Å²) in [7, 11) is 0. The fourth-order valence-corrected chi connectivity index (χ4v) is 3.27. The van der Waals surface area contributed by atoms with Gasteiger partial charge in [-0.25, -0.2) is 14.8 Å². The first-order valence-electron chi connectivity index (χ1n) is 10.3. The van der Waals surface area contributed by atoms with Crippen LogP contribution in [0.5, 0.6) is 0 Å². The van der Waals surface area contributed by atoms with Gasteiger partial charge < -0.3 is 26.2 Å². The molecule has 0 fully saturated rings. The van der Waals surface area contributed by atoms with Crippen LogP contribution in [0.15, 0.2) is 54.9 Å². The molecule has 178 valence electrons. The van der Waals surface area contributed by atoms with Crippen molar-refractivity contribution < 1.29 is 15.0 Å². The van der Waals surface area contributed by atoms with Crippen molar-refractivity contribution in [1.29, 1.82) is 0 Å². The second kappa shape index (κ2) is 10.4. The number of ether oxygens (including phenoxy) is 1. The van der Waals surface area contributed by atoms with Crippen molar-refractivity contribution in [3.8, 4) is 0 Å². The smallest absolute Gasteiger partial charge is 0.407 e. The Hall–Kier alpha value is -3.89. The van der Waals surface area contributed by atoms with Crippen molar-refractivity contribution in [1.82, 2.24) is 25.5 Å². The van der Waals surface area contributed by atoms with E-state index in [9.17, 15) is 4.79 Å². The van der Waals surface area contributed by atoms with Gasteiger partial charge in [-0.3, -0.25) is 5.10 Å². The van der Waals surface area contributed by atoms with Crippen molar-refractivity contribution >= 4 is 51.7 Å². The number of hydrogen-bond acceptors (Lipinski definition) is 7. The molecule has 4 rings (SSSR count). The molecule has 0 saturated heterocycles. The second-order valence-corrected chi connectivity index (χ2v) is 8.77. The summed E-state index contributed by atoms with van der Waals surface area (Å²) in [6.45, 7) is 5.84. The Kier molecular flexibility index (Phi) is 7.54. The Morgan fingerprint density at radius 1 is 1.06 bits per heavy atom. The highest BCUT2D eigenvalue weighted by atomic mass is 35.5. The second-order valence-electron chi connectivity index (χ2n) is 8.33. The summed E-state index contributed by atoms with van der Waals surface area (Å²) in [6.07, 6.45) is 1.00. The Morgan fingerprint density at radius 3 is 2.53 bits per heavy atom. The fourth-order valence-electron chi connectivity index (χ4n) is 3.08. The first-order chi connectivity index (χ1) is 15.8. The number of aromatic amines is 1. The van der Waals surface area contributed by atoms with Crippen molar-refractivity contribution in [2.24, 2.45) is 0 Å². The fraction of sp³-hybridized carbons (Fsp3) is 0.217. The minimum Gasteiger partial charge on any atom is -0.444 e. The molecule has 0 unspecified atom stereocenters. The third-order valence-electron chi connectivity index (χ3n) is 4.50. The van der Waals surface area contributed by atoms with E-state index in [2.05, 4.69) is 36.1 Å². The molecule has 34 heavy (non-hydrogen) atoms. The van der Waals surface area contributed by atoms with Gasteiger partial charge in [-0.2, -0.15) is 5.10 Å². The van der Waals surface area contributed by atoms with E-state index in [1.807, 2.05) is 63.2 Å². The van der Waals surface area contributed by atoms with E-state index in [4.69, 9.17) is 16.3 Å². The molecule has 0 saturated carbocycles. The molecule has 2 heterocycles. The summed E-state index contributed by atoms with van der Waals surface area (Å²) in [4.78, 5) is 20.4. The van der Waals surface area contributed by atoms with Crippen LogP contribution in [0.2, 0.25) is 5.02 Å². The van der Waals surface area contributed by atoms with Gasteiger partial charge in [0.2, 0.25) is 0 Å². The number of alkyl carbamates (subject to hydrolysis) is 1. The minimum atomic E-state index is -0.533. The zero-order valence-corrected chi connectivity index (χ0v) is 19.7.